The van der Waals surface area contributed by atoms with E-state index in [4.69, 9.17) is 4.74 Å². The van der Waals surface area contributed by atoms with E-state index in [1.165, 1.54) is 7.11 Å². The lowest BCUT2D eigenvalue weighted by molar-refractivity contribution is -0.131. The highest BCUT2D eigenvalue weighted by atomic mass is 16.5. The smallest absolute Gasteiger partial charge is 0.220 e. The van der Waals surface area contributed by atoms with Gasteiger partial charge in [-0.2, -0.15) is 0 Å². The highest BCUT2D eigenvalue weighted by Gasteiger charge is 2.59. The summed E-state index contributed by atoms with van der Waals surface area (Å²) in [5, 5.41) is 12.4. The SMILES string of the molecule is C=C1C[C@@H]2[C@H](CC[C@]3(C)C(=O)CC[C@@H]23)[C@@]2(C)C=CC(=O)C=C12.COc1cc(CNC(=O)CCCC/C=C/C(C)C)ccc1O. The number of hydrogen-bond acceptors (Lipinski definition) is 5. The normalized spacial score (nSPS) is 29.0. The van der Waals surface area contributed by atoms with Gasteiger partial charge in [-0.15, -0.1) is 0 Å². The van der Waals surface area contributed by atoms with Gasteiger partial charge in [-0.3, -0.25) is 14.4 Å². The van der Waals surface area contributed by atoms with Crippen molar-refractivity contribution < 1.29 is 24.2 Å². The fourth-order valence-corrected chi connectivity index (χ4v) is 8.02. The van der Waals surface area contributed by atoms with Crippen LogP contribution < -0.4 is 10.1 Å². The van der Waals surface area contributed by atoms with Crippen molar-refractivity contribution in [1.82, 2.24) is 5.32 Å². The van der Waals surface area contributed by atoms with Crippen LogP contribution in [0.25, 0.3) is 0 Å². The number of amides is 1. The van der Waals surface area contributed by atoms with Crippen LogP contribution in [0.1, 0.15) is 91.0 Å². The summed E-state index contributed by atoms with van der Waals surface area (Å²) in [4.78, 5) is 36.0. The van der Waals surface area contributed by atoms with Crippen molar-refractivity contribution in [1.29, 1.82) is 0 Å². The van der Waals surface area contributed by atoms with Gasteiger partial charge < -0.3 is 15.2 Å². The van der Waals surface area contributed by atoms with Crippen LogP contribution in [0.5, 0.6) is 11.5 Å². The van der Waals surface area contributed by atoms with Crippen molar-refractivity contribution in [3.8, 4) is 11.5 Å². The fourth-order valence-electron chi connectivity index (χ4n) is 8.02. The third-order valence-corrected chi connectivity index (χ3v) is 10.5. The maximum Gasteiger partial charge on any atom is 0.220 e. The molecule has 0 unspecified atom stereocenters. The van der Waals surface area contributed by atoms with Gasteiger partial charge in [-0.25, -0.2) is 0 Å². The summed E-state index contributed by atoms with van der Waals surface area (Å²) >= 11 is 0. The van der Waals surface area contributed by atoms with Gasteiger partial charge in [0, 0.05) is 30.2 Å². The Bertz CT molecular complexity index is 1350. The van der Waals surface area contributed by atoms with Crippen LogP contribution >= 0.6 is 0 Å². The quantitative estimate of drug-likeness (QED) is 0.222. The molecule has 0 aromatic heterocycles. The highest BCUT2D eigenvalue weighted by molar-refractivity contribution is 6.02. The third kappa shape index (κ3) is 7.27. The molecule has 2 N–H and O–H groups in total. The number of benzene rings is 1. The molecule has 1 aromatic carbocycles. The Kier molecular flexibility index (Phi) is 10.8. The number of ketones is 2. The second-order valence-corrected chi connectivity index (χ2v) is 13.9. The summed E-state index contributed by atoms with van der Waals surface area (Å²) in [6.45, 7) is 13.5. The van der Waals surface area contributed by atoms with Gasteiger partial charge in [-0.1, -0.05) is 64.1 Å². The number of Topliss-reactive ketones (excluding diaryl/α,β-unsaturated/α-hetero) is 1. The number of rotatable bonds is 9. The largest absolute Gasteiger partial charge is 0.504 e. The number of allylic oxidation sites excluding steroid dienone is 7. The van der Waals surface area contributed by atoms with E-state index in [9.17, 15) is 19.5 Å². The first-order chi connectivity index (χ1) is 20.9. The van der Waals surface area contributed by atoms with Gasteiger partial charge in [0.1, 0.15) is 5.78 Å². The molecule has 4 aliphatic carbocycles. The number of fused-ring (bicyclic) bond motifs is 5. The lowest BCUT2D eigenvalue weighted by Crippen LogP contribution is -2.50. The molecule has 238 valence electrons. The van der Waals surface area contributed by atoms with Crippen molar-refractivity contribution >= 4 is 17.5 Å². The number of nitrogens with one attached hydrogen (secondary N) is 1. The molecule has 0 aliphatic heterocycles. The van der Waals surface area contributed by atoms with Gasteiger partial charge in [0.15, 0.2) is 17.3 Å². The zero-order valence-electron chi connectivity index (χ0n) is 27.3. The Morgan fingerprint density at radius 3 is 2.68 bits per heavy atom. The van der Waals surface area contributed by atoms with Crippen LogP contribution in [0.4, 0.5) is 0 Å². The van der Waals surface area contributed by atoms with E-state index in [0.717, 1.165) is 68.1 Å². The van der Waals surface area contributed by atoms with Crippen LogP contribution in [0, 0.1) is 34.5 Å². The molecule has 0 bridgehead atoms. The van der Waals surface area contributed by atoms with E-state index in [1.807, 2.05) is 0 Å². The van der Waals surface area contributed by atoms with Crippen molar-refractivity contribution in [2.24, 2.45) is 34.5 Å². The summed E-state index contributed by atoms with van der Waals surface area (Å²) in [5.41, 5.74) is 3.00. The Morgan fingerprint density at radius 1 is 1.18 bits per heavy atom. The average molecular weight is 602 g/mol. The Balaban J connectivity index is 0.000000201. The lowest BCUT2D eigenvalue weighted by atomic mass is 9.48. The van der Waals surface area contributed by atoms with Crippen molar-refractivity contribution in [3.63, 3.8) is 0 Å². The first-order valence-corrected chi connectivity index (χ1v) is 16.3. The molecule has 44 heavy (non-hydrogen) atoms. The van der Waals surface area contributed by atoms with Crippen molar-refractivity contribution in [2.75, 3.05) is 7.11 Å². The molecule has 5 rings (SSSR count). The first kappa shape index (κ1) is 33.5. The van der Waals surface area contributed by atoms with E-state index in [0.29, 0.717) is 48.2 Å². The zero-order chi connectivity index (χ0) is 32.1. The minimum atomic E-state index is -0.104. The number of unbranched alkanes of at least 4 members (excludes halogenated alkanes) is 2. The molecule has 0 radical (unpaired) electrons. The van der Waals surface area contributed by atoms with Crippen LogP contribution in [0.2, 0.25) is 0 Å². The molecular formula is C38H51NO5. The van der Waals surface area contributed by atoms with Gasteiger partial charge in [0.2, 0.25) is 5.91 Å². The fraction of sp³-hybridized carbons (Fsp3) is 0.553. The summed E-state index contributed by atoms with van der Waals surface area (Å²) in [6.07, 6.45) is 18.4. The predicted octanol–water partition coefficient (Wildman–Crippen LogP) is 7.82. The Hall–Kier alpha value is -3.41. The standard InChI is InChI=1S/C20H24O2.C18H27NO3/c1-12-10-14-15-4-5-18(22)20(15,3)9-7-16(14)19(2)8-6-13(21)11-17(12)19;1-14(2)8-6-4-5-7-9-18(21)19-13-15-10-11-16(20)17(12-15)22-3/h6,8,11,14-16H,1,4-5,7,9-10H2,2-3H3;6,8,10-12,14,20H,4-5,7,9,13H2,1-3H3,(H,19,21)/b;8-6+/t14-,15-,16-,19+,20-;/m0./s1. The molecule has 0 heterocycles. The van der Waals surface area contributed by atoms with E-state index in [-0.39, 0.29) is 28.3 Å². The average Bonchev–Trinajstić information content (AvgIpc) is 3.29. The molecule has 1 amide bonds. The van der Waals surface area contributed by atoms with E-state index >= 15 is 0 Å². The molecule has 6 heteroatoms. The zero-order valence-corrected chi connectivity index (χ0v) is 27.3. The molecule has 3 saturated carbocycles. The molecule has 3 fully saturated rings. The van der Waals surface area contributed by atoms with Crippen molar-refractivity contribution in [2.45, 2.75) is 92.0 Å². The lowest BCUT2D eigenvalue weighted by Gasteiger charge is -2.56. The second kappa shape index (κ2) is 14.1. The number of phenolic OH excluding ortho intramolecular Hbond substituents is 1. The van der Waals surface area contributed by atoms with E-state index in [2.05, 4.69) is 57.8 Å². The van der Waals surface area contributed by atoms with Gasteiger partial charge >= 0.3 is 0 Å². The van der Waals surface area contributed by atoms with E-state index < -0.39 is 0 Å². The van der Waals surface area contributed by atoms with Gasteiger partial charge in [-0.05, 0) is 104 Å². The van der Waals surface area contributed by atoms with Gasteiger partial charge in [0.05, 0.1) is 7.11 Å². The Labute approximate surface area is 263 Å². The van der Waals surface area contributed by atoms with Crippen LogP contribution in [-0.4, -0.2) is 29.7 Å². The molecule has 6 nitrogen and oxygen atoms in total. The minimum absolute atomic E-state index is 0.0554. The van der Waals surface area contributed by atoms with Gasteiger partial charge in [0.25, 0.3) is 0 Å². The molecule has 1 aromatic rings. The topological polar surface area (TPSA) is 92.7 Å². The molecule has 0 spiro atoms. The number of phenols is 1. The number of carbonyl (C=O) groups is 3. The highest BCUT2D eigenvalue weighted by Crippen LogP contribution is 2.64. The summed E-state index contributed by atoms with van der Waals surface area (Å²) in [5.74, 6) is 3.31. The maximum absolute atomic E-state index is 12.4. The van der Waals surface area contributed by atoms with Crippen LogP contribution in [-0.2, 0) is 20.9 Å². The number of methoxy groups -OCH3 is 1. The van der Waals surface area contributed by atoms with E-state index in [1.54, 1.807) is 30.4 Å². The molecule has 0 saturated heterocycles. The molecular weight excluding hydrogens is 550 g/mol. The monoisotopic (exact) mass is 601 g/mol. The summed E-state index contributed by atoms with van der Waals surface area (Å²) in [7, 11) is 1.51. The number of carbonyl (C=O) groups excluding carboxylic acids is 3. The number of ether oxygens (including phenoxy) is 1. The first-order valence-electron chi connectivity index (χ1n) is 16.3. The summed E-state index contributed by atoms with van der Waals surface area (Å²) < 4.78 is 5.04. The number of hydrogen-bond donors (Lipinski definition) is 2. The van der Waals surface area contributed by atoms with Crippen molar-refractivity contribution in [3.05, 3.63) is 71.9 Å². The number of aromatic hydroxyl groups is 1. The minimum Gasteiger partial charge on any atom is -0.504 e. The molecule has 4 aliphatic rings. The summed E-state index contributed by atoms with van der Waals surface area (Å²) in [6, 6.07) is 5.07. The maximum atomic E-state index is 12.4. The third-order valence-electron chi connectivity index (χ3n) is 10.5. The van der Waals surface area contributed by atoms with Crippen LogP contribution in [0.15, 0.2) is 66.3 Å². The van der Waals surface area contributed by atoms with Crippen LogP contribution in [0.3, 0.4) is 0 Å². The predicted molar refractivity (Wildman–Crippen MR) is 175 cm³/mol. The second-order valence-electron chi connectivity index (χ2n) is 13.9. The Morgan fingerprint density at radius 2 is 1.95 bits per heavy atom. The molecule has 5 atom stereocenters.